The molecule has 0 bridgehead atoms. The molecule has 0 spiro atoms. The molecule has 0 unspecified atom stereocenters. The summed E-state index contributed by atoms with van der Waals surface area (Å²) in [5.41, 5.74) is 5.63. The maximum Gasteiger partial charge on any atom is 0.318 e. The summed E-state index contributed by atoms with van der Waals surface area (Å²) in [5, 5.41) is 5.40. The van der Waals surface area contributed by atoms with E-state index in [2.05, 4.69) is 30.5 Å². The van der Waals surface area contributed by atoms with Gasteiger partial charge in [0.25, 0.3) is 0 Å². The van der Waals surface area contributed by atoms with E-state index in [4.69, 9.17) is 0 Å². The van der Waals surface area contributed by atoms with Crippen LogP contribution in [0.1, 0.15) is 22.3 Å². The topological polar surface area (TPSA) is 41.1 Å². The van der Waals surface area contributed by atoms with Gasteiger partial charge >= 0.3 is 6.03 Å². The Bertz CT molecular complexity index is 397. The SMILES string of the molecule is CNC(=O)Nc1c(C)cc(C)c(C)c1C. The van der Waals surface area contributed by atoms with Crippen LogP contribution in [-0.2, 0) is 0 Å². The molecule has 0 heterocycles. The number of anilines is 1. The molecule has 1 rings (SSSR count). The molecule has 0 aliphatic rings. The number of urea groups is 1. The Kier molecular flexibility index (Phi) is 3.35. The number of aryl methyl sites for hydroxylation is 2. The van der Waals surface area contributed by atoms with Crippen molar-refractivity contribution in [2.24, 2.45) is 0 Å². The van der Waals surface area contributed by atoms with Crippen LogP contribution < -0.4 is 10.6 Å². The van der Waals surface area contributed by atoms with Crippen molar-refractivity contribution in [3.05, 3.63) is 28.3 Å². The second-order valence-electron chi connectivity index (χ2n) is 3.84. The van der Waals surface area contributed by atoms with Crippen molar-refractivity contribution in [2.45, 2.75) is 27.7 Å². The van der Waals surface area contributed by atoms with Gasteiger partial charge in [0.1, 0.15) is 0 Å². The Morgan fingerprint density at radius 1 is 1.07 bits per heavy atom. The van der Waals surface area contributed by atoms with E-state index < -0.39 is 0 Å². The molecule has 3 nitrogen and oxygen atoms in total. The highest BCUT2D eigenvalue weighted by molar-refractivity contribution is 5.91. The van der Waals surface area contributed by atoms with Gasteiger partial charge in [-0.15, -0.1) is 0 Å². The van der Waals surface area contributed by atoms with Crippen molar-refractivity contribution in [1.29, 1.82) is 0 Å². The van der Waals surface area contributed by atoms with Gasteiger partial charge in [0.05, 0.1) is 0 Å². The molecule has 1 aromatic rings. The van der Waals surface area contributed by atoms with Gasteiger partial charge in [-0.3, -0.25) is 0 Å². The molecule has 0 radical (unpaired) electrons. The van der Waals surface area contributed by atoms with E-state index in [0.29, 0.717) is 0 Å². The minimum atomic E-state index is -0.176. The zero-order valence-corrected chi connectivity index (χ0v) is 9.99. The van der Waals surface area contributed by atoms with E-state index in [9.17, 15) is 4.79 Å². The van der Waals surface area contributed by atoms with E-state index in [1.165, 1.54) is 11.1 Å². The third-order valence-electron chi connectivity index (χ3n) is 2.82. The number of rotatable bonds is 1. The normalized spacial score (nSPS) is 9.93. The lowest BCUT2D eigenvalue weighted by Crippen LogP contribution is -2.25. The molecule has 1 aromatic carbocycles. The molecule has 3 heteroatoms. The smallest absolute Gasteiger partial charge is 0.318 e. The van der Waals surface area contributed by atoms with E-state index in [1.54, 1.807) is 7.05 Å². The lowest BCUT2D eigenvalue weighted by atomic mass is 9.98. The molecule has 0 aliphatic carbocycles. The van der Waals surface area contributed by atoms with Gasteiger partial charge in [-0.2, -0.15) is 0 Å². The van der Waals surface area contributed by atoms with Gasteiger partial charge in [-0.05, 0) is 49.9 Å². The third kappa shape index (κ3) is 2.29. The van der Waals surface area contributed by atoms with Gasteiger partial charge in [0, 0.05) is 12.7 Å². The van der Waals surface area contributed by atoms with Crippen molar-refractivity contribution < 1.29 is 4.79 Å². The highest BCUT2D eigenvalue weighted by Crippen LogP contribution is 2.25. The summed E-state index contributed by atoms with van der Waals surface area (Å²) in [6.07, 6.45) is 0. The molecular weight excluding hydrogens is 188 g/mol. The number of amides is 2. The van der Waals surface area contributed by atoms with Gasteiger partial charge in [0.2, 0.25) is 0 Å². The molecule has 15 heavy (non-hydrogen) atoms. The van der Waals surface area contributed by atoms with Crippen molar-refractivity contribution in [3.63, 3.8) is 0 Å². The van der Waals surface area contributed by atoms with Crippen molar-refractivity contribution in [2.75, 3.05) is 12.4 Å². The van der Waals surface area contributed by atoms with E-state index in [-0.39, 0.29) is 6.03 Å². The molecule has 0 fully saturated rings. The number of benzene rings is 1. The lowest BCUT2D eigenvalue weighted by Gasteiger charge is -2.15. The summed E-state index contributed by atoms with van der Waals surface area (Å²) >= 11 is 0. The van der Waals surface area contributed by atoms with Crippen LogP contribution >= 0.6 is 0 Å². The second-order valence-corrected chi connectivity index (χ2v) is 3.84. The van der Waals surface area contributed by atoms with Crippen LogP contribution in [0.25, 0.3) is 0 Å². The fourth-order valence-electron chi connectivity index (χ4n) is 1.65. The molecule has 82 valence electrons. The first-order chi connectivity index (χ1) is 6.97. The van der Waals surface area contributed by atoms with Gasteiger partial charge < -0.3 is 10.6 Å². The minimum Gasteiger partial charge on any atom is -0.341 e. The number of hydrogen-bond acceptors (Lipinski definition) is 1. The zero-order chi connectivity index (χ0) is 11.6. The molecule has 2 amide bonds. The first-order valence-corrected chi connectivity index (χ1v) is 5.03. The summed E-state index contributed by atoms with van der Waals surface area (Å²) in [6.45, 7) is 8.18. The van der Waals surface area contributed by atoms with Crippen LogP contribution in [0.4, 0.5) is 10.5 Å². The third-order valence-corrected chi connectivity index (χ3v) is 2.82. The van der Waals surface area contributed by atoms with Crippen LogP contribution in [0.2, 0.25) is 0 Å². The highest BCUT2D eigenvalue weighted by atomic mass is 16.2. The highest BCUT2D eigenvalue weighted by Gasteiger charge is 2.09. The summed E-state index contributed by atoms with van der Waals surface area (Å²) in [7, 11) is 1.61. The zero-order valence-electron chi connectivity index (χ0n) is 9.99. The monoisotopic (exact) mass is 206 g/mol. The number of carbonyl (C=O) groups excluding carboxylic acids is 1. The number of nitrogens with one attached hydrogen (secondary N) is 2. The lowest BCUT2D eigenvalue weighted by molar-refractivity contribution is 0.254. The number of carbonyl (C=O) groups is 1. The predicted molar refractivity (Wildman–Crippen MR) is 63.5 cm³/mol. The summed E-state index contributed by atoms with van der Waals surface area (Å²) < 4.78 is 0. The Morgan fingerprint density at radius 2 is 1.67 bits per heavy atom. The summed E-state index contributed by atoms with van der Waals surface area (Å²) in [5.74, 6) is 0. The van der Waals surface area contributed by atoms with Crippen LogP contribution in [0, 0.1) is 27.7 Å². The first kappa shape index (κ1) is 11.6. The van der Waals surface area contributed by atoms with Crippen LogP contribution in [-0.4, -0.2) is 13.1 Å². The molecule has 0 saturated carbocycles. The van der Waals surface area contributed by atoms with Gasteiger partial charge in [-0.25, -0.2) is 4.79 Å². The predicted octanol–water partition coefficient (Wildman–Crippen LogP) is 2.67. The quantitative estimate of drug-likeness (QED) is 0.728. The molecule has 0 atom stereocenters. The van der Waals surface area contributed by atoms with E-state index in [0.717, 1.165) is 16.8 Å². The molecule has 0 aromatic heterocycles. The Labute approximate surface area is 90.9 Å². The maximum absolute atomic E-state index is 11.3. The largest absolute Gasteiger partial charge is 0.341 e. The average molecular weight is 206 g/mol. The number of hydrogen-bond donors (Lipinski definition) is 2. The Balaban J connectivity index is 3.18. The van der Waals surface area contributed by atoms with Crippen LogP contribution in [0.5, 0.6) is 0 Å². The van der Waals surface area contributed by atoms with Gasteiger partial charge in [-0.1, -0.05) is 6.07 Å². The average Bonchev–Trinajstić information content (AvgIpc) is 2.21. The maximum atomic E-state index is 11.3. The van der Waals surface area contributed by atoms with Crippen molar-refractivity contribution in [1.82, 2.24) is 5.32 Å². The van der Waals surface area contributed by atoms with E-state index in [1.807, 2.05) is 13.8 Å². The van der Waals surface area contributed by atoms with Crippen LogP contribution in [0.15, 0.2) is 6.07 Å². The first-order valence-electron chi connectivity index (χ1n) is 5.03. The fraction of sp³-hybridized carbons (Fsp3) is 0.417. The summed E-state index contributed by atoms with van der Waals surface area (Å²) in [4.78, 5) is 11.3. The molecule has 2 N–H and O–H groups in total. The molecular formula is C12H18N2O. The Morgan fingerprint density at radius 3 is 2.20 bits per heavy atom. The van der Waals surface area contributed by atoms with Crippen molar-refractivity contribution >= 4 is 11.7 Å². The molecule has 0 aliphatic heterocycles. The van der Waals surface area contributed by atoms with Crippen LogP contribution in [0.3, 0.4) is 0 Å². The fourth-order valence-corrected chi connectivity index (χ4v) is 1.65. The molecule has 0 saturated heterocycles. The van der Waals surface area contributed by atoms with Gasteiger partial charge in [0.15, 0.2) is 0 Å². The Hall–Kier alpha value is -1.51. The van der Waals surface area contributed by atoms with Crippen molar-refractivity contribution in [3.8, 4) is 0 Å². The minimum absolute atomic E-state index is 0.176. The standard InChI is InChI=1S/C12H18N2O/c1-7-6-8(2)11(10(4)9(7)3)14-12(15)13-5/h6H,1-5H3,(H2,13,14,15). The summed E-state index contributed by atoms with van der Waals surface area (Å²) in [6, 6.07) is 1.91. The van der Waals surface area contributed by atoms with E-state index >= 15 is 0 Å². The second kappa shape index (κ2) is 4.34.